The van der Waals surface area contributed by atoms with Gasteiger partial charge in [-0.05, 0) is 37.8 Å². The van der Waals surface area contributed by atoms with E-state index >= 15 is 0 Å². The van der Waals surface area contributed by atoms with Crippen molar-refractivity contribution in [3.63, 3.8) is 0 Å². The Morgan fingerprint density at radius 3 is 2.82 bits per heavy atom. The van der Waals surface area contributed by atoms with E-state index in [4.69, 9.17) is 5.11 Å². The molecule has 1 unspecified atom stereocenters. The van der Waals surface area contributed by atoms with Gasteiger partial charge in [-0.15, -0.1) is 0 Å². The molecule has 0 radical (unpaired) electrons. The van der Waals surface area contributed by atoms with Gasteiger partial charge < -0.3 is 15.5 Å². The van der Waals surface area contributed by atoms with Crippen LogP contribution in [0.25, 0.3) is 0 Å². The van der Waals surface area contributed by atoms with E-state index in [-0.39, 0.29) is 11.7 Å². The minimum Gasteiger partial charge on any atom is -0.478 e. The Morgan fingerprint density at radius 2 is 2.24 bits per heavy atom. The first-order valence-electron chi connectivity index (χ1n) is 5.84. The number of anilines is 1. The molecule has 1 saturated carbocycles. The highest BCUT2D eigenvalue weighted by Crippen LogP contribution is 2.32. The van der Waals surface area contributed by atoms with Gasteiger partial charge in [-0.1, -0.05) is 11.6 Å². The van der Waals surface area contributed by atoms with Gasteiger partial charge in [-0.3, -0.25) is 0 Å². The molecule has 1 aliphatic rings. The Bertz CT molecular complexity index is 427. The molecule has 0 bridgehead atoms. The Labute approximate surface area is 100 Å². The van der Waals surface area contributed by atoms with Gasteiger partial charge in [0.1, 0.15) is 0 Å². The van der Waals surface area contributed by atoms with E-state index in [1.54, 1.807) is 12.1 Å². The smallest absolute Gasteiger partial charge is 0.337 e. The van der Waals surface area contributed by atoms with Gasteiger partial charge in [0.15, 0.2) is 0 Å². The van der Waals surface area contributed by atoms with Crippen molar-refractivity contribution in [1.82, 2.24) is 0 Å². The average Bonchev–Trinajstić information content (AvgIpc) is 3.10. The van der Waals surface area contributed by atoms with Gasteiger partial charge in [-0.25, -0.2) is 4.79 Å². The molecular weight excluding hydrogens is 218 g/mol. The van der Waals surface area contributed by atoms with E-state index in [0.29, 0.717) is 18.2 Å². The molecule has 0 spiro atoms. The summed E-state index contributed by atoms with van der Waals surface area (Å²) in [7, 11) is 0. The van der Waals surface area contributed by atoms with Crippen LogP contribution in [-0.2, 0) is 0 Å². The summed E-state index contributed by atoms with van der Waals surface area (Å²) in [5.41, 5.74) is 1.74. The van der Waals surface area contributed by atoms with Crippen LogP contribution in [0.1, 0.15) is 28.8 Å². The maximum absolute atomic E-state index is 11.1. The number of hydrogen-bond acceptors (Lipinski definition) is 3. The summed E-state index contributed by atoms with van der Waals surface area (Å²) in [5.74, 6) is -0.557. The lowest BCUT2D eigenvalue weighted by Gasteiger charge is -2.14. The largest absolute Gasteiger partial charge is 0.478 e. The van der Waals surface area contributed by atoms with Crippen molar-refractivity contribution in [3.05, 3.63) is 29.3 Å². The predicted molar refractivity (Wildman–Crippen MR) is 65.4 cm³/mol. The summed E-state index contributed by atoms with van der Waals surface area (Å²) in [6, 6.07) is 5.24. The van der Waals surface area contributed by atoms with E-state index < -0.39 is 5.97 Å². The molecule has 0 amide bonds. The lowest BCUT2D eigenvalue weighted by atomic mass is 10.1. The first kappa shape index (κ1) is 11.9. The second-order valence-corrected chi connectivity index (χ2v) is 4.64. The predicted octanol–water partition coefficient (Wildman–Crippen LogP) is 1.88. The van der Waals surface area contributed by atoms with E-state index in [1.165, 1.54) is 0 Å². The van der Waals surface area contributed by atoms with Gasteiger partial charge in [-0.2, -0.15) is 0 Å². The van der Waals surface area contributed by atoms with Gasteiger partial charge in [0.25, 0.3) is 0 Å². The Morgan fingerprint density at radius 1 is 1.53 bits per heavy atom. The summed E-state index contributed by atoms with van der Waals surface area (Å²) in [6.07, 6.45) is 1.77. The van der Waals surface area contributed by atoms with E-state index in [1.807, 2.05) is 13.0 Å². The number of rotatable bonds is 5. The number of nitrogens with one attached hydrogen (secondary N) is 1. The van der Waals surface area contributed by atoms with Crippen molar-refractivity contribution in [2.75, 3.05) is 11.9 Å². The molecule has 4 nitrogen and oxygen atoms in total. The van der Waals surface area contributed by atoms with E-state index in [2.05, 4.69) is 5.32 Å². The van der Waals surface area contributed by atoms with E-state index in [0.717, 1.165) is 18.4 Å². The fourth-order valence-electron chi connectivity index (χ4n) is 1.85. The van der Waals surface area contributed by atoms with Gasteiger partial charge in [0.2, 0.25) is 0 Å². The normalized spacial score (nSPS) is 16.6. The molecule has 1 fully saturated rings. The lowest BCUT2D eigenvalue weighted by Crippen LogP contribution is -2.22. The third-order valence-electron chi connectivity index (χ3n) is 3.07. The monoisotopic (exact) mass is 235 g/mol. The van der Waals surface area contributed by atoms with Crippen LogP contribution < -0.4 is 5.32 Å². The highest BCUT2D eigenvalue weighted by molar-refractivity contribution is 5.94. The zero-order valence-electron chi connectivity index (χ0n) is 9.81. The summed E-state index contributed by atoms with van der Waals surface area (Å²) in [5, 5.41) is 21.8. The SMILES string of the molecule is Cc1ccc(NCC(O)C2CC2)c(C(=O)O)c1. The average molecular weight is 235 g/mol. The third-order valence-corrected chi connectivity index (χ3v) is 3.07. The van der Waals surface area contributed by atoms with Gasteiger partial charge in [0.05, 0.1) is 11.7 Å². The maximum atomic E-state index is 11.1. The molecule has 3 N–H and O–H groups in total. The molecule has 17 heavy (non-hydrogen) atoms. The van der Waals surface area contributed by atoms with Crippen molar-refractivity contribution >= 4 is 11.7 Å². The molecule has 1 aromatic carbocycles. The molecular formula is C13H17NO3. The lowest BCUT2D eigenvalue weighted by molar-refractivity contribution is 0.0697. The summed E-state index contributed by atoms with van der Waals surface area (Å²) >= 11 is 0. The highest BCUT2D eigenvalue weighted by Gasteiger charge is 2.29. The number of aryl methyl sites for hydroxylation is 1. The zero-order chi connectivity index (χ0) is 12.4. The van der Waals surface area contributed by atoms with Crippen molar-refractivity contribution in [2.24, 2.45) is 5.92 Å². The highest BCUT2D eigenvalue weighted by atomic mass is 16.4. The topological polar surface area (TPSA) is 69.6 Å². The summed E-state index contributed by atoms with van der Waals surface area (Å²) in [6.45, 7) is 2.27. The summed E-state index contributed by atoms with van der Waals surface area (Å²) in [4.78, 5) is 11.1. The number of benzene rings is 1. The molecule has 0 aliphatic heterocycles. The third kappa shape index (κ3) is 2.97. The Kier molecular flexibility index (Phi) is 3.33. The number of aliphatic hydroxyl groups excluding tert-OH is 1. The number of carboxylic acids is 1. The van der Waals surface area contributed by atoms with E-state index in [9.17, 15) is 9.90 Å². The number of carbonyl (C=O) groups is 1. The fourth-order valence-corrected chi connectivity index (χ4v) is 1.85. The van der Waals surface area contributed by atoms with Crippen LogP contribution in [0.5, 0.6) is 0 Å². The Balaban J connectivity index is 2.06. The zero-order valence-corrected chi connectivity index (χ0v) is 9.81. The number of aliphatic hydroxyl groups is 1. The first-order chi connectivity index (χ1) is 8.08. The molecule has 0 aromatic heterocycles. The summed E-state index contributed by atoms with van der Waals surface area (Å²) < 4.78 is 0. The molecule has 92 valence electrons. The maximum Gasteiger partial charge on any atom is 0.337 e. The van der Waals surface area contributed by atoms with Gasteiger partial charge in [0, 0.05) is 12.2 Å². The van der Waals surface area contributed by atoms with Crippen LogP contribution in [0.2, 0.25) is 0 Å². The number of aromatic carboxylic acids is 1. The second-order valence-electron chi connectivity index (χ2n) is 4.64. The van der Waals surface area contributed by atoms with Crippen molar-refractivity contribution in [2.45, 2.75) is 25.9 Å². The molecule has 1 aromatic rings. The van der Waals surface area contributed by atoms with Crippen molar-refractivity contribution in [1.29, 1.82) is 0 Å². The van der Waals surface area contributed by atoms with Crippen LogP contribution in [0.3, 0.4) is 0 Å². The second kappa shape index (κ2) is 4.75. The van der Waals surface area contributed by atoms with Crippen molar-refractivity contribution in [3.8, 4) is 0 Å². The standard InChI is InChI=1S/C13H17NO3/c1-8-2-5-11(10(6-8)13(16)17)14-7-12(15)9-3-4-9/h2,5-6,9,12,14-15H,3-4,7H2,1H3,(H,16,17). The first-order valence-corrected chi connectivity index (χ1v) is 5.84. The fraction of sp³-hybridized carbons (Fsp3) is 0.462. The molecule has 1 aliphatic carbocycles. The van der Waals surface area contributed by atoms with Gasteiger partial charge >= 0.3 is 5.97 Å². The molecule has 2 rings (SSSR count). The number of hydrogen-bond donors (Lipinski definition) is 3. The van der Waals surface area contributed by atoms with Crippen LogP contribution in [0.4, 0.5) is 5.69 Å². The van der Waals surface area contributed by atoms with Crippen LogP contribution in [0, 0.1) is 12.8 Å². The van der Waals surface area contributed by atoms with Crippen LogP contribution in [-0.4, -0.2) is 28.8 Å². The number of carboxylic acid groups (broad SMARTS) is 1. The minimum atomic E-state index is -0.947. The van der Waals surface area contributed by atoms with Crippen LogP contribution in [0.15, 0.2) is 18.2 Å². The minimum absolute atomic E-state index is 0.257. The Hall–Kier alpha value is -1.55. The molecule has 0 saturated heterocycles. The quantitative estimate of drug-likeness (QED) is 0.728. The molecule has 1 atom stereocenters. The molecule has 4 heteroatoms. The molecule has 0 heterocycles. The van der Waals surface area contributed by atoms with Crippen LogP contribution >= 0.6 is 0 Å². The van der Waals surface area contributed by atoms with Crippen molar-refractivity contribution < 1.29 is 15.0 Å².